The molecule has 0 radical (unpaired) electrons. The number of halogens is 1. The monoisotopic (exact) mass is 278 g/mol. The van der Waals surface area contributed by atoms with Gasteiger partial charge in [-0.25, -0.2) is 0 Å². The standard InChI is InChI=1S/C14H15ClN2O2/c15-11-3-1-10(2-4-11)14(19)16-7-8-17-12(9-16)5-6-13(17)18/h1-4,12H,5-9H2/t12-/m1/s1. The number of rotatable bonds is 1. The molecule has 0 aliphatic carbocycles. The first-order valence-corrected chi connectivity index (χ1v) is 6.87. The van der Waals surface area contributed by atoms with E-state index < -0.39 is 0 Å². The minimum Gasteiger partial charge on any atom is -0.336 e. The van der Waals surface area contributed by atoms with Crippen molar-refractivity contribution in [3.8, 4) is 0 Å². The van der Waals surface area contributed by atoms with Gasteiger partial charge in [0.15, 0.2) is 0 Å². The van der Waals surface area contributed by atoms with E-state index in [-0.39, 0.29) is 17.9 Å². The molecule has 0 unspecified atom stereocenters. The molecule has 2 amide bonds. The first-order valence-electron chi connectivity index (χ1n) is 6.49. The molecule has 1 aromatic rings. The van der Waals surface area contributed by atoms with Crippen LogP contribution in [0.5, 0.6) is 0 Å². The lowest BCUT2D eigenvalue weighted by atomic mass is 10.1. The molecule has 3 rings (SSSR count). The Morgan fingerprint density at radius 2 is 1.95 bits per heavy atom. The predicted molar refractivity (Wildman–Crippen MR) is 72.1 cm³/mol. The Morgan fingerprint density at radius 1 is 1.21 bits per heavy atom. The molecule has 2 fully saturated rings. The van der Waals surface area contributed by atoms with Gasteiger partial charge in [-0.15, -0.1) is 0 Å². The molecule has 2 aliphatic rings. The zero-order valence-corrected chi connectivity index (χ0v) is 11.3. The van der Waals surface area contributed by atoms with Crippen LogP contribution in [0, 0.1) is 0 Å². The molecule has 1 aromatic carbocycles. The summed E-state index contributed by atoms with van der Waals surface area (Å²) in [5.74, 6) is 0.249. The molecule has 0 N–H and O–H groups in total. The van der Waals surface area contributed by atoms with Gasteiger partial charge in [-0.2, -0.15) is 0 Å². The highest BCUT2D eigenvalue weighted by Crippen LogP contribution is 2.24. The van der Waals surface area contributed by atoms with E-state index in [2.05, 4.69) is 0 Å². The van der Waals surface area contributed by atoms with Gasteiger partial charge in [0.05, 0.1) is 0 Å². The van der Waals surface area contributed by atoms with Crippen LogP contribution in [0.4, 0.5) is 0 Å². The predicted octanol–water partition coefficient (Wildman–Crippen LogP) is 1.79. The Balaban J connectivity index is 1.72. The first-order chi connectivity index (χ1) is 9.15. The lowest BCUT2D eigenvalue weighted by Gasteiger charge is -2.37. The van der Waals surface area contributed by atoms with E-state index in [1.165, 1.54) is 0 Å². The van der Waals surface area contributed by atoms with Gasteiger partial charge in [0.2, 0.25) is 5.91 Å². The summed E-state index contributed by atoms with van der Waals surface area (Å²) in [6.45, 7) is 1.92. The van der Waals surface area contributed by atoms with Gasteiger partial charge >= 0.3 is 0 Å². The van der Waals surface area contributed by atoms with Crippen LogP contribution in [-0.2, 0) is 4.79 Å². The Bertz CT molecular complexity index is 515. The highest BCUT2D eigenvalue weighted by Gasteiger charge is 2.36. The fourth-order valence-electron chi connectivity index (χ4n) is 2.82. The van der Waals surface area contributed by atoms with Gasteiger partial charge in [-0.3, -0.25) is 9.59 Å². The molecule has 1 atom stereocenters. The van der Waals surface area contributed by atoms with Crippen molar-refractivity contribution in [1.82, 2.24) is 9.80 Å². The number of hydrogen-bond acceptors (Lipinski definition) is 2. The Hall–Kier alpha value is -1.55. The Kier molecular flexibility index (Phi) is 3.19. The summed E-state index contributed by atoms with van der Waals surface area (Å²) in [5.41, 5.74) is 0.655. The summed E-state index contributed by atoms with van der Waals surface area (Å²) in [5, 5.41) is 0.628. The lowest BCUT2D eigenvalue weighted by Crippen LogP contribution is -2.53. The smallest absolute Gasteiger partial charge is 0.253 e. The number of fused-ring (bicyclic) bond motifs is 1. The average molecular weight is 279 g/mol. The van der Waals surface area contributed by atoms with Crippen molar-refractivity contribution in [2.24, 2.45) is 0 Å². The summed E-state index contributed by atoms with van der Waals surface area (Å²) in [6.07, 6.45) is 1.48. The maximum absolute atomic E-state index is 12.4. The van der Waals surface area contributed by atoms with Gasteiger partial charge in [0.1, 0.15) is 0 Å². The molecular formula is C14H15ClN2O2. The van der Waals surface area contributed by atoms with Crippen LogP contribution in [-0.4, -0.2) is 47.3 Å². The second kappa shape index (κ2) is 4.85. The third-order valence-corrected chi connectivity index (χ3v) is 4.12. The minimum absolute atomic E-state index is 0.0238. The van der Waals surface area contributed by atoms with Crippen LogP contribution in [0.2, 0.25) is 5.02 Å². The normalized spacial score (nSPS) is 22.6. The quantitative estimate of drug-likeness (QED) is 0.786. The molecule has 0 spiro atoms. The van der Waals surface area contributed by atoms with Crippen molar-refractivity contribution >= 4 is 23.4 Å². The summed E-state index contributed by atoms with van der Waals surface area (Å²) in [4.78, 5) is 27.7. The zero-order valence-electron chi connectivity index (χ0n) is 10.5. The molecule has 100 valence electrons. The Morgan fingerprint density at radius 3 is 2.68 bits per heavy atom. The van der Waals surface area contributed by atoms with Crippen LogP contribution in [0.25, 0.3) is 0 Å². The molecule has 5 heteroatoms. The number of carbonyl (C=O) groups excluding carboxylic acids is 2. The zero-order chi connectivity index (χ0) is 13.4. The van der Waals surface area contributed by atoms with Crippen molar-refractivity contribution in [1.29, 1.82) is 0 Å². The van der Waals surface area contributed by atoms with Gasteiger partial charge in [0.25, 0.3) is 5.91 Å². The van der Waals surface area contributed by atoms with E-state index in [9.17, 15) is 9.59 Å². The summed E-state index contributed by atoms with van der Waals surface area (Å²) in [6, 6.07) is 7.15. The summed E-state index contributed by atoms with van der Waals surface area (Å²) in [7, 11) is 0. The molecule has 2 aliphatic heterocycles. The third-order valence-electron chi connectivity index (χ3n) is 3.87. The van der Waals surface area contributed by atoms with Gasteiger partial charge < -0.3 is 9.80 Å². The van der Waals surface area contributed by atoms with Gasteiger partial charge in [0, 0.05) is 42.7 Å². The van der Waals surface area contributed by atoms with Crippen LogP contribution < -0.4 is 0 Å². The van der Waals surface area contributed by atoms with Crippen LogP contribution >= 0.6 is 11.6 Å². The van der Waals surface area contributed by atoms with Crippen molar-refractivity contribution in [2.45, 2.75) is 18.9 Å². The van der Waals surface area contributed by atoms with E-state index in [1.54, 1.807) is 24.3 Å². The molecular weight excluding hydrogens is 264 g/mol. The second-order valence-electron chi connectivity index (χ2n) is 5.04. The topological polar surface area (TPSA) is 40.6 Å². The largest absolute Gasteiger partial charge is 0.336 e. The highest BCUT2D eigenvalue weighted by molar-refractivity contribution is 6.30. The van der Waals surface area contributed by atoms with Crippen LogP contribution in [0.15, 0.2) is 24.3 Å². The minimum atomic E-state index is 0.0238. The molecule has 2 saturated heterocycles. The number of carbonyl (C=O) groups is 2. The van der Waals surface area contributed by atoms with Crippen molar-refractivity contribution in [2.75, 3.05) is 19.6 Å². The molecule has 2 heterocycles. The van der Waals surface area contributed by atoms with Crippen molar-refractivity contribution < 1.29 is 9.59 Å². The SMILES string of the molecule is O=C(c1ccc(Cl)cc1)N1CCN2C(=O)CC[C@@H]2C1. The maximum Gasteiger partial charge on any atom is 0.253 e. The van der Waals surface area contributed by atoms with Crippen molar-refractivity contribution in [3.63, 3.8) is 0 Å². The number of benzene rings is 1. The van der Waals surface area contributed by atoms with Gasteiger partial charge in [-0.1, -0.05) is 11.6 Å². The Labute approximate surface area is 116 Å². The molecule has 19 heavy (non-hydrogen) atoms. The molecule has 0 saturated carbocycles. The van der Waals surface area contributed by atoms with Crippen molar-refractivity contribution in [3.05, 3.63) is 34.9 Å². The second-order valence-corrected chi connectivity index (χ2v) is 5.47. The lowest BCUT2D eigenvalue weighted by molar-refractivity contribution is -0.130. The first kappa shape index (κ1) is 12.5. The van der Waals surface area contributed by atoms with E-state index in [0.29, 0.717) is 36.6 Å². The maximum atomic E-state index is 12.4. The number of nitrogens with zero attached hydrogens (tertiary/aromatic N) is 2. The number of amides is 2. The third kappa shape index (κ3) is 2.32. The van der Waals surface area contributed by atoms with E-state index >= 15 is 0 Å². The summed E-state index contributed by atoms with van der Waals surface area (Å²) < 4.78 is 0. The van der Waals surface area contributed by atoms with Gasteiger partial charge in [-0.05, 0) is 30.7 Å². The molecule has 0 bridgehead atoms. The number of piperazine rings is 1. The average Bonchev–Trinajstić information content (AvgIpc) is 2.80. The molecule has 4 nitrogen and oxygen atoms in total. The summed E-state index contributed by atoms with van der Waals surface area (Å²) >= 11 is 5.82. The number of hydrogen-bond donors (Lipinski definition) is 0. The van der Waals surface area contributed by atoms with Crippen LogP contribution in [0.1, 0.15) is 23.2 Å². The molecule has 0 aromatic heterocycles. The highest BCUT2D eigenvalue weighted by atomic mass is 35.5. The van der Waals surface area contributed by atoms with E-state index in [0.717, 1.165) is 6.42 Å². The fourth-order valence-corrected chi connectivity index (χ4v) is 2.95. The van der Waals surface area contributed by atoms with Crippen LogP contribution in [0.3, 0.4) is 0 Å². The fraction of sp³-hybridized carbons (Fsp3) is 0.429. The van der Waals surface area contributed by atoms with E-state index in [1.807, 2.05) is 9.80 Å². The van der Waals surface area contributed by atoms with E-state index in [4.69, 9.17) is 11.6 Å².